The summed E-state index contributed by atoms with van der Waals surface area (Å²) in [5.41, 5.74) is 0.882. The minimum absolute atomic E-state index is 0.0393. The zero-order valence-electron chi connectivity index (χ0n) is 14.0. The molecule has 3 N–H and O–H groups in total. The second-order valence-corrected chi connectivity index (χ2v) is 5.66. The Hall–Kier alpha value is -2.90. The van der Waals surface area contributed by atoms with Crippen LogP contribution in [0.25, 0.3) is 0 Å². The SMILES string of the molecule is CC(=O)NCCCNC(=O)CCC(=O)c1ccc2c(c1)NC(=O)CO2. The summed E-state index contributed by atoms with van der Waals surface area (Å²) in [4.78, 5) is 45.9. The van der Waals surface area contributed by atoms with E-state index in [9.17, 15) is 19.2 Å². The molecule has 0 aliphatic carbocycles. The Kier molecular flexibility index (Phi) is 6.50. The smallest absolute Gasteiger partial charge is 0.262 e. The van der Waals surface area contributed by atoms with Gasteiger partial charge in [-0.1, -0.05) is 0 Å². The molecule has 1 aliphatic rings. The maximum absolute atomic E-state index is 12.2. The lowest BCUT2D eigenvalue weighted by atomic mass is 10.0. The van der Waals surface area contributed by atoms with E-state index in [1.54, 1.807) is 18.2 Å². The van der Waals surface area contributed by atoms with Gasteiger partial charge in [0.1, 0.15) is 5.75 Å². The number of hydrogen-bond acceptors (Lipinski definition) is 5. The highest BCUT2D eigenvalue weighted by Gasteiger charge is 2.18. The normalized spacial score (nSPS) is 12.4. The molecule has 1 aliphatic heterocycles. The van der Waals surface area contributed by atoms with Crippen molar-refractivity contribution in [3.8, 4) is 5.75 Å². The molecule has 0 aromatic heterocycles. The predicted octanol–water partition coefficient (Wildman–Crippen LogP) is 0.623. The lowest BCUT2D eigenvalue weighted by Gasteiger charge is -2.18. The first-order valence-corrected chi connectivity index (χ1v) is 8.07. The first kappa shape index (κ1) is 18.4. The number of amides is 3. The van der Waals surface area contributed by atoms with Crippen molar-refractivity contribution >= 4 is 29.2 Å². The number of hydrogen-bond donors (Lipinski definition) is 3. The number of nitrogens with one attached hydrogen (secondary N) is 3. The van der Waals surface area contributed by atoms with Gasteiger partial charge in [0.2, 0.25) is 11.8 Å². The van der Waals surface area contributed by atoms with E-state index in [0.717, 1.165) is 0 Å². The van der Waals surface area contributed by atoms with Gasteiger partial charge in [0.15, 0.2) is 12.4 Å². The van der Waals surface area contributed by atoms with Gasteiger partial charge in [0, 0.05) is 38.4 Å². The number of ketones is 1. The van der Waals surface area contributed by atoms with Crippen LogP contribution in [0.5, 0.6) is 5.75 Å². The van der Waals surface area contributed by atoms with E-state index in [0.29, 0.717) is 36.5 Å². The summed E-state index contributed by atoms with van der Waals surface area (Å²) < 4.78 is 5.23. The summed E-state index contributed by atoms with van der Waals surface area (Å²) in [6, 6.07) is 4.80. The third kappa shape index (κ3) is 5.91. The number of anilines is 1. The van der Waals surface area contributed by atoms with Crippen LogP contribution in [0.4, 0.5) is 5.69 Å². The Morgan fingerprint density at radius 2 is 1.92 bits per heavy atom. The molecule has 134 valence electrons. The highest BCUT2D eigenvalue weighted by molar-refractivity contribution is 6.01. The Morgan fingerprint density at radius 1 is 1.16 bits per heavy atom. The number of ether oxygens (including phenoxy) is 1. The standard InChI is InChI=1S/C17H21N3O5/c1-11(21)18-7-2-8-19-16(23)6-4-14(22)12-3-5-15-13(9-12)20-17(24)10-25-15/h3,5,9H,2,4,6-8,10H2,1H3,(H,18,21)(H,19,23)(H,20,24). The van der Waals surface area contributed by atoms with Crippen molar-refractivity contribution in [1.82, 2.24) is 10.6 Å². The van der Waals surface area contributed by atoms with Crippen molar-refractivity contribution in [2.45, 2.75) is 26.2 Å². The van der Waals surface area contributed by atoms with E-state index >= 15 is 0 Å². The number of benzene rings is 1. The van der Waals surface area contributed by atoms with Crippen LogP contribution < -0.4 is 20.7 Å². The predicted molar refractivity (Wildman–Crippen MR) is 90.4 cm³/mol. The van der Waals surface area contributed by atoms with Crippen LogP contribution in [-0.2, 0) is 14.4 Å². The average molecular weight is 347 g/mol. The van der Waals surface area contributed by atoms with Crippen LogP contribution in [0.1, 0.15) is 36.5 Å². The van der Waals surface area contributed by atoms with Gasteiger partial charge in [-0.25, -0.2) is 0 Å². The Morgan fingerprint density at radius 3 is 2.68 bits per heavy atom. The zero-order chi connectivity index (χ0) is 18.2. The van der Waals surface area contributed by atoms with Gasteiger partial charge in [-0.15, -0.1) is 0 Å². The number of fused-ring (bicyclic) bond motifs is 1. The van der Waals surface area contributed by atoms with E-state index in [1.807, 2.05) is 0 Å². The Labute approximate surface area is 145 Å². The largest absolute Gasteiger partial charge is 0.482 e. The zero-order valence-corrected chi connectivity index (χ0v) is 14.0. The third-order valence-corrected chi connectivity index (χ3v) is 3.56. The van der Waals surface area contributed by atoms with Gasteiger partial charge in [0.05, 0.1) is 5.69 Å². The molecule has 0 fully saturated rings. The summed E-state index contributed by atoms with van der Waals surface area (Å²) in [5.74, 6) is -0.255. The van der Waals surface area contributed by atoms with Crippen LogP contribution in [0.15, 0.2) is 18.2 Å². The summed E-state index contributed by atoms with van der Waals surface area (Å²) in [5, 5.41) is 7.98. The number of carbonyl (C=O) groups is 4. The van der Waals surface area contributed by atoms with Gasteiger partial charge in [-0.3, -0.25) is 19.2 Å². The third-order valence-electron chi connectivity index (χ3n) is 3.56. The lowest BCUT2D eigenvalue weighted by Crippen LogP contribution is -2.29. The fourth-order valence-electron chi connectivity index (χ4n) is 2.30. The minimum Gasteiger partial charge on any atom is -0.482 e. The van der Waals surface area contributed by atoms with Crippen LogP contribution in [0.3, 0.4) is 0 Å². The van der Waals surface area contributed by atoms with Crippen molar-refractivity contribution in [3.63, 3.8) is 0 Å². The van der Waals surface area contributed by atoms with Crippen LogP contribution in [0, 0.1) is 0 Å². The van der Waals surface area contributed by atoms with Crippen molar-refractivity contribution in [2.75, 3.05) is 25.0 Å². The quantitative estimate of drug-likeness (QED) is 0.471. The maximum atomic E-state index is 12.2. The van der Waals surface area contributed by atoms with E-state index < -0.39 is 0 Å². The summed E-state index contributed by atoms with van der Waals surface area (Å²) >= 11 is 0. The highest BCUT2D eigenvalue weighted by Crippen LogP contribution is 2.28. The van der Waals surface area contributed by atoms with E-state index in [-0.39, 0.29) is 43.0 Å². The first-order chi connectivity index (χ1) is 12.0. The van der Waals surface area contributed by atoms with Gasteiger partial charge in [0.25, 0.3) is 5.91 Å². The topological polar surface area (TPSA) is 114 Å². The molecule has 1 heterocycles. The second-order valence-electron chi connectivity index (χ2n) is 5.66. The molecular formula is C17H21N3O5. The highest BCUT2D eigenvalue weighted by atomic mass is 16.5. The lowest BCUT2D eigenvalue weighted by molar-refractivity contribution is -0.121. The molecule has 0 saturated carbocycles. The molecule has 0 unspecified atom stereocenters. The summed E-state index contributed by atoms with van der Waals surface area (Å²) in [7, 11) is 0. The van der Waals surface area contributed by atoms with Crippen molar-refractivity contribution in [1.29, 1.82) is 0 Å². The monoisotopic (exact) mass is 347 g/mol. The molecule has 0 atom stereocenters. The number of carbonyl (C=O) groups excluding carboxylic acids is 4. The molecule has 3 amide bonds. The van der Waals surface area contributed by atoms with Crippen LogP contribution in [-0.4, -0.2) is 43.2 Å². The molecule has 0 spiro atoms. The van der Waals surface area contributed by atoms with Crippen LogP contribution >= 0.6 is 0 Å². The Bertz CT molecular complexity index is 687. The van der Waals surface area contributed by atoms with E-state index in [2.05, 4.69) is 16.0 Å². The second kappa shape index (κ2) is 8.81. The molecule has 2 rings (SSSR count). The van der Waals surface area contributed by atoms with Crippen molar-refractivity contribution in [2.24, 2.45) is 0 Å². The fraction of sp³-hybridized carbons (Fsp3) is 0.412. The maximum Gasteiger partial charge on any atom is 0.262 e. The molecule has 8 heteroatoms. The van der Waals surface area contributed by atoms with Crippen molar-refractivity contribution in [3.05, 3.63) is 23.8 Å². The average Bonchev–Trinajstić information content (AvgIpc) is 2.58. The number of Topliss-reactive ketones (excluding diaryl/α,β-unsaturated/α-hetero) is 1. The van der Waals surface area contributed by atoms with Gasteiger partial charge < -0.3 is 20.7 Å². The fourth-order valence-corrected chi connectivity index (χ4v) is 2.30. The molecule has 0 saturated heterocycles. The molecule has 0 radical (unpaired) electrons. The molecule has 1 aromatic carbocycles. The van der Waals surface area contributed by atoms with Crippen LogP contribution in [0.2, 0.25) is 0 Å². The number of rotatable bonds is 8. The summed E-state index contributed by atoms with van der Waals surface area (Å²) in [6.45, 7) is 2.33. The Balaban J connectivity index is 1.74. The van der Waals surface area contributed by atoms with Gasteiger partial charge >= 0.3 is 0 Å². The van der Waals surface area contributed by atoms with Crippen molar-refractivity contribution < 1.29 is 23.9 Å². The minimum atomic E-state index is -0.268. The van der Waals surface area contributed by atoms with E-state index in [4.69, 9.17) is 4.74 Å². The molecule has 1 aromatic rings. The van der Waals surface area contributed by atoms with Gasteiger partial charge in [-0.05, 0) is 24.6 Å². The first-order valence-electron chi connectivity index (χ1n) is 8.07. The van der Waals surface area contributed by atoms with Gasteiger partial charge in [-0.2, -0.15) is 0 Å². The molecule has 25 heavy (non-hydrogen) atoms. The van der Waals surface area contributed by atoms with E-state index in [1.165, 1.54) is 6.92 Å². The molecule has 0 bridgehead atoms. The molecular weight excluding hydrogens is 326 g/mol. The molecule has 8 nitrogen and oxygen atoms in total. The summed E-state index contributed by atoms with van der Waals surface area (Å²) in [6.07, 6.45) is 0.786.